The molecule has 1 amide bonds. The van der Waals surface area contributed by atoms with Crippen molar-refractivity contribution in [3.63, 3.8) is 0 Å². The summed E-state index contributed by atoms with van der Waals surface area (Å²) >= 11 is 1.66. The molecule has 1 fully saturated rings. The molecule has 1 aliphatic rings. The second kappa shape index (κ2) is 3.98. The summed E-state index contributed by atoms with van der Waals surface area (Å²) in [5.41, 5.74) is 0. The maximum absolute atomic E-state index is 10.8. The molecule has 2 N–H and O–H groups in total. The van der Waals surface area contributed by atoms with E-state index in [4.69, 9.17) is 5.11 Å². The summed E-state index contributed by atoms with van der Waals surface area (Å²) in [5, 5.41) is 14.2. The maximum Gasteiger partial charge on any atom is 0.407 e. The first-order valence-electron chi connectivity index (χ1n) is 4.52. The van der Waals surface area contributed by atoms with Crippen LogP contribution in [0.1, 0.15) is 10.9 Å². The summed E-state index contributed by atoms with van der Waals surface area (Å²) in [6, 6.07) is 4.19. The third-order valence-corrected chi connectivity index (χ3v) is 3.32. The molecule has 1 aliphatic heterocycles. The number of carbonyl (C=O) groups is 1. The van der Waals surface area contributed by atoms with E-state index in [1.165, 1.54) is 9.78 Å². The first-order valence-corrected chi connectivity index (χ1v) is 5.40. The summed E-state index contributed by atoms with van der Waals surface area (Å²) < 4.78 is 0. The van der Waals surface area contributed by atoms with Gasteiger partial charge in [-0.1, -0.05) is 6.07 Å². The molecule has 5 heteroatoms. The molecule has 1 saturated heterocycles. The van der Waals surface area contributed by atoms with Crippen LogP contribution in [0, 0.1) is 0 Å². The van der Waals surface area contributed by atoms with Gasteiger partial charge in [0.1, 0.15) is 0 Å². The highest BCUT2D eigenvalue weighted by atomic mass is 32.1. The third kappa shape index (κ3) is 1.88. The Balaban J connectivity index is 2.04. The van der Waals surface area contributed by atoms with Crippen LogP contribution in [0.25, 0.3) is 0 Å². The van der Waals surface area contributed by atoms with Crippen LogP contribution in [0.4, 0.5) is 4.79 Å². The number of piperazine rings is 1. The highest BCUT2D eigenvalue weighted by Gasteiger charge is 2.23. The van der Waals surface area contributed by atoms with Gasteiger partial charge >= 0.3 is 6.09 Å². The van der Waals surface area contributed by atoms with E-state index in [1.807, 2.05) is 17.5 Å². The quantitative estimate of drug-likeness (QED) is 0.739. The van der Waals surface area contributed by atoms with Crippen LogP contribution in [-0.4, -0.2) is 35.7 Å². The molecule has 1 atom stereocenters. The van der Waals surface area contributed by atoms with Crippen molar-refractivity contribution < 1.29 is 9.90 Å². The smallest absolute Gasteiger partial charge is 0.407 e. The fraction of sp³-hybridized carbons (Fsp3) is 0.444. The number of rotatable bonds is 1. The van der Waals surface area contributed by atoms with Crippen molar-refractivity contribution in [2.45, 2.75) is 6.04 Å². The van der Waals surface area contributed by atoms with Gasteiger partial charge in [-0.2, -0.15) is 0 Å². The molecule has 2 rings (SSSR count). The fourth-order valence-corrected chi connectivity index (χ4v) is 2.40. The van der Waals surface area contributed by atoms with Gasteiger partial charge in [-0.25, -0.2) is 4.79 Å². The monoisotopic (exact) mass is 212 g/mol. The lowest BCUT2D eigenvalue weighted by Crippen LogP contribution is -2.47. The SMILES string of the molecule is O=C(O)N1CCNC(c2cccs2)C1. The molecule has 1 unspecified atom stereocenters. The van der Waals surface area contributed by atoms with E-state index in [1.54, 1.807) is 11.3 Å². The van der Waals surface area contributed by atoms with Gasteiger partial charge in [-0.3, -0.25) is 0 Å². The highest BCUT2D eigenvalue weighted by molar-refractivity contribution is 7.10. The minimum absolute atomic E-state index is 0.167. The summed E-state index contributed by atoms with van der Waals surface area (Å²) in [5.74, 6) is 0. The normalized spacial score (nSPS) is 22.3. The van der Waals surface area contributed by atoms with E-state index in [2.05, 4.69) is 5.32 Å². The Morgan fingerprint density at radius 3 is 3.21 bits per heavy atom. The van der Waals surface area contributed by atoms with Crippen LogP contribution in [0.15, 0.2) is 17.5 Å². The van der Waals surface area contributed by atoms with Crippen molar-refractivity contribution in [2.24, 2.45) is 0 Å². The van der Waals surface area contributed by atoms with Gasteiger partial charge in [-0.05, 0) is 11.4 Å². The Labute approximate surface area is 86.2 Å². The van der Waals surface area contributed by atoms with Crippen molar-refractivity contribution in [1.82, 2.24) is 10.2 Å². The first kappa shape index (κ1) is 9.48. The molecule has 2 heterocycles. The standard InChI is InChI=1S/C9H12N2O2S/c12-9(13)11-4-3-10-7(6-11)8-2-1-5-14-8/h1-2,5,7,10H,3-4,6H2,(H,12,13). The van der Waals surface area contributed by atoms with E-state index < -0.39 is 6.09 Å². The van der Waals surface area contributed by atoms with Crippen LogP contribution >= 0.6 is 11.3 Å². The molecule has 4 nitrogen and oxygen atoms in total. The zero-order valence-corrected chi connectivity index (χ0v) is 8.46. The van der Waals surface area contributed by atoms with E-state index in [0.717, 1.165) is 6.54 Å². The lowest BCUT2D eigenvalue weighted by molar-refractivity contribution is 0.129. The molecular formula is C9H12N2O2S. The molecule has 0 saturated carbocycles. The van der Waals surface area contributed by atoms with Gasteiger partial charge in [-0.15, -0.1) is 11.3 Å². The Kier molecular flexibility index (Phi) is 2.69. The van der Waals surface area contributed by atoms with Gasteiger partial charge < -0.3 is 15.3 Å². The molecule has 1 aromatic heterocycles. The Hall–Kier alpha value is -1.07. The average molecular weight is 212 g/mol. The van der Waals surface area contributed by atoms with Crippen molar-refractivity contribution in [2.75, 3.05) is 19.6 Å². The summed E-state index contributed by atoms with van der Waals surface area (Å²) in [4.78, 5) is 13.4. The number of carboxylic acid groups (broad SMARTS) is 1. The van der Waals surface area contributed by atoms with Gasteiger partial charge in [0.15, 0.2) is 0 Å². The number of hydrogen-bond acceptors (Lipinski definition) is 3. The van der Waals surface area contributed by atoms with Crippen LogP contribution in [0.5, 0.6) is 0 Å². The van der Waals surface area contributed by atoms with Crippen LogP contribution in [-0.2, 0) is 0 Å². The largest absolute Gasteiger partial charge is 0.465 e. The third-order valence-electron chi connectivity index (χ3n) is 2.33. The van der Waals surface area contributed by atoms with Crippen LogP contribution in [0.2, 0.25) is 0 Å². The van der Waals surface area contributed by atoms with Crippen LogP contribution in [0.3, 0.4) is 0 Å². The van der Waals surface area contributed by atoms with Crippen molar-refractivity contribution in [1.29, 1.82) is 0 Å². The van der Waals surface area contributed by atoms with E-state index >= 15 is 0 Å². The summed E-state index contributed by atoms with van der Waals surface area (Å²) in [6.45, 7) is 1.86. The lowest BCUT2D eigenvalue weighted by atomic mass is 10.2. The summed E-state index contributed by atoms with van der Waals surface area (Å²) in [6.07, 6.45) is -0.826. The van der Waals surface area contributed by atoms with Gasteiger partial charge in [0.05, 0.1) is 6.04 Å². The molecule has 0 aromatic carbocycles. The summed E-state index contributed by atoms with van der Waals surface area (Å²) in [7, 11) is 0. The predicted octanol–water partition coefficient (Wildman–Crippen LogP) is 1.37. The Morgan fingerprint density at radius 2 is 2.57 bits per heavy atom. The second-order valence-corrected chi connectivity index (χ2v) is 4.23. The minimum Gasteiger partial charge on any atom is -0.465 e. The van der Waals surface area contributed by atoms with E-state index in [-0.39, 0.29) is 6.04 Å². The van der Waals surface area contributed by atoms with E-state index in [9.17, 15) is 4.79 Å². The molecule has 0 radical (unpaired) electrons. The van der Waals surface area contributed by atoms with Crippen LogP contribution < -0.4 is 5.32 Å². The number of amides is 1. The van der Waals surface area contributed by atoms with Crippen molar-refractivity contribution in [3.8, 4) is 0 Å². The average Bonchev–Trinajstić information content (AvgIpc) is 2.71. The number of nitrogens with one attached hydrogen (secondary N) is 1. The highest BCUT2D eigenvalue weighted by Crippen LogP contribution is 2.21. The zero-order valence-electron chi connectivity index (χ0n) is 7.64. The minimum atomic E-state index is -0.826. The Morgan fingerprint density at radius 1 is 1.71 bits per heavy atom. The van der Waals surface area contributed by atoms with E-state index in [0.29, 0.717) is 13.1 Å². The van der Waals surface area contributed by atoms with Gasteiger partial charge in [0.2, 0.25) is 0 Å². The molecule has 0 aliphatic carbocycles. The number of hydrogen-bond donors (Lipinski definition) is 2. The number of nitrogens with zero attached hydrogens (tertiary/aromatic N) is 1. The number of thiophene rings is 1. The molecule has 0 bridgehead atoms. The zero-order chi connectivity index (χ0) is 9.97. The molecule has 1 aromatic rings. The maximum atomic E-state index is 10.8. The molecular weight excluding hydrogens is 200 g/mol. The van der Waals surface area contributed by atoms with Gasteiger partial charge in [0, 0.05) is 24.5 Å². The van der Waals surface area contributed by atoms with Gasteiger partial charge in [0.25, 0.3) is 0 Å². The molecule has 14 heavy (non-hydrogen) atoms. The first-order chi connectivity index (χ1) is 6.77. The Bertz CT molecular complexity index is 313. The molecule has 76 valence electrons. The topological polar surface area (TPSA) is 52.6 Å². The van der Waals surface area contributed by atoms with Crippen molar-refractivity contribution >= 4 is 17.4 Å². The lowest BCUT2D eigenvalue weighted by Gasteiger charge is -2.31. The molecule has 0 spiro atoms. The predicted molar refractivity (Wildman–Crippen MR) is 54.7 cm³/mol. The van der Waals surface area contributed by atoms with Crippen molar-refractivity contribution in [3.05, 3.63) is 22.4 Å². The second-order valence-electron chi connectivity index (χ2n) is 3.25. The fourth-order valence-electron chi connectivity index (χ4n) is 1.60.